The Hall–Kier alpha value is -2.43. The largest absolute Gasteiger partial charge is 0.473 e. The SMILES string of the molecule is O=C(O)c1cccc(-c2ccncc2)[n+]1O. The van der Waals surface area contributed by atoms with Gasteiger partial charge in [0, 0.05) is 29.3 Å². The van der Waals surface area contributed by atoms with Gasteiger partial charge >= 0.3 is 11.7 Å². The van der Waals surface area contributed by atoms with Crippen molar-refractivity contribution in [1.82, 2.24) is 4.98 Å². The fraction of sp³-hybridized carbons (Fsp3) is 0. The molecule has 0 aliphatic rings. The van der Waals surface area contributed by atoms with Crippen molar-refractivity contribution in [3.63, 3.8) is 0 Å². The fourth-order valence-electron chi connectivity index (χ4n) is 1.40. The summed E-state index contributed by atoms with van der Waals surface area (Å²) in [7, 11) is 0. The molecule has 0 saturated heterocycles. The van der Waals surface area contributed by atoms with E-state index in [0.29, 0.717) is 16.0 Å². The highest BCUT2D eigenvalue weighted by molar-refractivity contribution is 5.83. The van der Waals surface area contributed by atoms with Crippen molar-refractivity contribution >= 4 is 5.97 Å². The minimum Gasteiger partial charge on any atom is -0.473 e. The molecule has 0 aliphatic carbocycles. The molecule has 80 valence electrons. The molecule has 0 unspecified atom stereocenters. The summed E-state index contributed by atoms with van der Waals surface area (Å²) in [6.07, 6.45) is 3.14. The van der Waals surface area contributed by atoms with E-state index in [1.165, 1.54) is 6.07 Å². The van der Waals surface area contributed by atoms with E-state index in [2.05, 4.69) is 4.98 Å². The number of carboxylic acids is 1. The van der Waals surface area contributed by atoms with Crippen LogP contribution in [0.5, 0.6) is 0 Å². The first kappa shape index (κ1) is 10.1. The van der Waals surface area contributed by atoms with Crippen LogP contribution in [-0.2, 0) is 0 Å². The molecule has 2 N–H and O–H groups in total. The smallest absolute Gasteiger partial charge is 0.406 e. The number of rotatable bonds is 2. The average Bonchev–Trinajstić information content (AvgIpc) is 2.30. The summed E-state index contributed by atoms with van der Waals surface area (Å²) in [4.78, 5) is 14.7. The van der Waals surface area contributed by atoms with Crippen molar-refractivity contribution in [1.29, 1.82) is 0 Å². The standard InChI is InChI=1S/C11H8N2O3/c14-11(15)10-3-1-2-9(13(10)16)8-4-6-12-7-5-8/h1-7H,(H-,12,14,15,16)/p+1. The van der Waals surface area contributed by atoms with Crippen molar-refractivity contribution in [2.45, 2.75) is 0 Å². The van der Waals surface area contributed by atoms with Crippen molar-refractivity contribution in [2.24, 2.45) is 0 Å². The van der Waals surface area contributed by atoms with E-state index in [1.54, 1.807) is 36.7 Å². The lowest BCUT2D eigenvalue weighted by Gasteiger charge is -1.98. The molecule has 0 bridgehead atoms. The van der Waals surface area contributed by atoms with Gasteiger partial charge in [-0.2, -0.15) is 0 Å². The molecule has 0 fully saturated rings. The van der Waals surface area contributed by atoms with E-state index in [-0.39, 0.29) is 5.69 Å². The minimum absolute atomic E-state index is 0.186. The molecule has 5 heteroatoms. The Labute approximate surface area is 91.2 Å². The molecule has 0 spiro atoms. The molecule has 0 saturated carbocycles. The third-order valence-corrected chi connectivity index (χ3v) is 2.16. The minimum atomic E-state index is -1.18. The topological polar surface area (TPSA) is 74.3 Å². The lowest BCUT2D eigenvalue weighted by molar-refractivity contribution is -0.897. The van der Waals surface area contributed by atoms with Gasteiger partial charge in [-0.05, 0) is 18.2 Å². The second-order valence-corrected chi connectivity index (χ2v) is 3.15. The Balaban J connectivity index is 2.59. The second-order valence-electron chi connectivity index (χ2n) is 3.15. The van der Waals surface area contributed by atoms with Crippen LogP contribution in [0.3, 0.4) is 0 Å². The molecule has 0 amide bonds. The van der Waals surface area contributed by atoms with E-state index in [9.17, 15) is 10.0 Å². The third-order valence-electron chi connectivity index (χ3n) is 2.16. The van der Waals surface area contributed by atoms with E-state index in [1.807, 2.05) is 0 Å². The monoisotopic (exact) mass is 217 g/mol. The van der Waals surface area contributed by atoms with Gasteiger partial charge in [0.2, 0.25) is 0 Å². The molecule has 16 heavy (non-hydrogen) atoms. The normalized spacial score (nSPS) is 10.0. The summed E-state index contributed by atoms with van der Waals surface area (Å²) in [6, 6.07) is 7.90. The van der Waals surface area contributed by atoms with Crippen LogP contribution in [0.25, 0.3) is 11.3 Å². The van der Waals surface area contributed by atoms with Crippen molar-refractivity contribution in [2.75, 3.05) is 0 Å². The molecule has 5 nitrogen and oxygen atoms in total. The number of pyridine rings is 2. The number of nitrogens with zero attached hydrogens (tertiary/aromatic N) is 2. The van der Waals surface area contributed by atoms with Crippen LogP contribution in [0.4, 0.5) is 0 Å². The third kappa shape index (κ3) is 1.70. The molecule has 2 heterocycles. The first-order valence-electron chi connectivity index (χ1n) is 4.58. The van der Waals surface area contributed by atoms with Gasteiger partial charge in [0.05, 0.1) is 5.56 Å². The van der Waals surface area contributed by atoms with E-state index < -0.39 is 5.97 Å². The van der Waals surface area contributed by atoms with Gasteiger partial charge in [0.1, 0.15) is 0 Å². The lowest BCUT2D eigenvalue weighted by Crippen LogP contribution is -2.39. The predicted octanol–water partition coefficient (Wildman–Crippen LogP) is 0.972. The highest BCUT2D eigenvalue weighted by Crippen LogP contribution is 2.13. The van der Waals surface area contributed by atoms with Gasteiger partial charge in [0.15, 0.2) is 0 Å². The zero-order chi connectivity index (χ0) is 11.5. The van der Waals surface area contributed by atoms with Crippen LogP contribution in [0.1, 0.15) is 10.5 Å². The highest BCUT2D eigenvalue weighted by atomic mass is 16.5. The summed E-state index contributed by atoms with van der Waals surface area (Å²) in [5, 5.41) is 18.6. The Morgan fingerprint density at radius 2 is 1.88 bits per heavy atom. The molecule has 0 radical (unpaired) electrons. The zero-order valence-electron chi connectivity index (χ0n) is 8.24. The van der Waals surface area contributed by atoms with Gasteiger partial charge < -0.3 is 5.11 Å². The maximum atomic E-state index is 10.8. The Morgan fingerprint density at radius 1 is 1.19 bits per heavy atom. The summed E-state index contributed by atoms with van der Waals surface area (Å²) < 4.78 is 0.650. The molecule has 2 aromatic rings. The molecule has 2 rings (SSSR count). The maximum absolute atomic E-state index is 10.8. The Morgan fingerprint density at radius 3 is 2.50 bits per heavy atom. The summed E-state index contributed by atoms with van der Waals surface area (Å²) in [6.45, 7) is 0. The van der Waals surface area contributed by atoms with Crippen LogP contribution < -0.4 is 4.73 Å². The number of aromatic nitrogens is 2. The first-order valence-corrected chi connectivity index (χ1v) is 4.58. The Kier molecular flexibility index (Phi) is 2.51. The van der Waals surface area contributed by atoms with E-state index in [0.717, 1.165) is 0 Å². The van der Waals surface area contributed by atoms with Gasteiger partial charge in [0.25, 0.3) is 5.69 Å². The maximum Gasteiger partial charge on any atom is 0.406 e. The number of aromatic carboxylic acids is 1. The fourth-order valence-corrected chi connectivity index (χ4v) is 1.40. The van der Waals surface area contributed by atoms with E-state index >= 15 is 0 Å². The first-order chi connectivity index (χ1) is 7.70. The summed E-state index contributed by atoms with van der Waals surface area (Å²) in [5.74, 6) is -1.18. The molecule has 2 aromatic heterocycles. The Bertz CT molecular complexity index is 526. The number of hydrogen-bond donors (Lipinski definition) is 2. The molecule has 0 atom stereocenters. The number of hydrogen-bond acceptors (Lipinski definition) is 3. The zero-order valence-corrected chi connectivity index (χ0v) is 8.24. The summed E-state index contributed by atoms with van der Waals surface area (Å²) >= 11 is 0. The van der Waals surface area contributed by atoms with Crippen LogP contribution >= 0.6 is 0 Å². The molecular formula is C11H9N2O3+. The van der Waals surface area contributed by atoms with Crippen molar-refractivity contribution in [3.05, 3.63) is 48.4 Å². The van der Waals surface area contributed by atoms with Gasteiger partial charge in [-0.15, -0.1) is 0 Å². The number of carbonyl (C=O) groups is 1. The second kappa shape index (κ2) is 3.98. The van der Waals surface area contributed by atoms with Crippen LogP contribution in [0, 0.1) is 0 Å². The molecular weight excluding hydrogens is 208 g/mol. The van der Waals surface area contributed by atoms with Crippen molar-refractivity contribution < 1.29 is 19.8 Å². The van der Waals surface area contributed by atoms with Crippen molar-refractivity contribution in [3.8, 4) is 11.3 Å². The summed E-state index contributed by atoms with van der Waals surface area (Å²) in [5.41, 5.74) is 0.914. The quantitative estimate of drug-likeness (QED) is 0.580. The van der Waals surface area contributed by atoms with Crippen LogP contribution in [0.2, 0.25) is 0 Å². The highest BCUT2D eigenvalue weighted by Gasteiger charge is 2.23. The predicted molar refractivity (Wildman–Crippen MR) is 54.0 cm³/mol. The van der Waals surface area contributed by atoms with E-state index in [4.69, 9.17) is 5.11 Å². The molecule has 0 aromatic carbocycles. The molecule has 0 aliphatic heterocycles. The van der Waals surface area contributed by atoms with Crippen LogP contribution in [0.15, 0.2) is 42.7 Å². The van der Waals surface area contributed by atoms with Crippen LogP contribution in [-0.4, -0.2) is 21.3 Å². The average molecular weight is 217 g/mol. The van der Waals surface area contributed by atoms with Gasteiger partial charge in [-0.25, -0.2) is 4.79 Å². The van der Waals surface area contributed by atoms with Gasteiger partial charge in [-0.3, -0.25) is 10.2 Å². The lowest BCUT2D eigenvalue weighted by atomic mass is 10.1. The van der Waals surface area contributed by atoms with Gasteiger partial charge in [-0.1, -0.05) is 0 Å². The number of carboxylic acid groups (broad SMARTS) is 1.